The topological polar surface area (TPSA) is 44.4 Å². The summed E-state index contributed by atoms with van der Waals surface area (Å²) in [6.45, 7) is 5.13. The Morgan fingerprint density at radius 3 is 3.00 bits per heavy atom. The first kappa shape index (κ1) is 12.2. The van der Waals surface area contributed by atoms with Crippen molar-refractivity contribution in [1.29, 1.82) is 0 Å². The first-order valence-corrected chi connectivity index (χ1v) is 6.49. The van der Waals surface area contributed by atoms with Crippen LogP contribution in [-0.4, -0.2) is 37.1 Å². The molecule has 0 aliphatic carbocycles. The van der Waals surface area contributed by atoms with E-state index in [9.17, 15) is 4.79 Å². The van der Waals surface area contributed by atoms with Gasteiger partial charge in [-0.1, -0.05) is 15.9 Å². The minimum absolute atomic E-state index is 0.0405. The van der Waals surface area contributed by atoms with E-state index in [1.165, 1.54) is 5.56 Å². The first-order valence-electron chi connectivity index (χ1n) is 5.69. The number of anilines is 1. The summed E-state index contributed by atoms with van der Waals surface area (Å²) in [5, 5.41) is 6.11. The van der Waals surface area contributed by atoms with Crippen LogP contribution in [0.2, 0.25) is 0 Å². The standard InChI is InChI=1S/C12H16BrN3O/c1-9-8-10(2-3-11(9)13)14-4-6-16-7-5-15-12(16)17/h2-3,8,14H,4-7H2,1H3,(H,15,17). The van der Waals surface area contributed by atoms with E-state index in [1.807, 2.05) is 17.0 Å². The summed E-state index contributed by atoms with van der Waals surface area (Å²) in [6, 6.07) is 6.19. The Bertz CT molecular complexity index is 422. The zero-order chi connectivity index (χ0) is 12.3. The number of amides is 2. The van der Waals surface area contributed by atoms with E-state index in [0.29, 0.717) is 0 Å². The van der Waals surface area contributed by atoms with Crippen LogP contribution in [0.3, 0.4) is 0 Å². The lowest BCUT2D eigenvalue weighted by Gasteiger charge is -2.15. The van der Waals surface area contributed by atoms with E-state index in [2.05, 4.69) is 39.6 Å². The molecular weight excluding hydrogens is 282 g/mol. The van der Waals surface area contributed by atoms with Crippen LogP contribution in [0.25, 0.3) is 0 Å². The first-order chi connectivity index (χ1) is 8.16. The highest BCUT2D eigenvalue weighted by Gasteiger charge is 2.18. The van der Waals surface area contributed by atoms with Crippen LogP contribution in [0.5, 0.6) is 0 Å². The van der Waals surface area contributed by atoms with Crippen molar-refractivity contribution in [3.63, 3.8) is 0 Å². The fraction of sp³-hybridized carbons (Fsp3) is 0.417. The summed E-state index contributed by atoms with van der Waals surface area (Å²) in [6.07, 6.45) is 0. The normalized spacial score (nSPS) is 14.9. The molecule has 0 aromatic heterocycles. The second-order valence-electron chi connectivity index (χ2n) is 4.11. The molecule has 1 aromatic rings. The third-order valence-corrected chi connectivity index (χ3v) is 3.70. The molecule has 0 spiro atoms. The molecule has 92 valence electrons. The maximum Gasteiger partial charge on any atom is 0.317 e. The van der Waals surface area contributed by atoms with Crippen molar-refractivity contribution < 1.29 is 4.79 Å². The van der Waals surface area contributed by atoms with E-state index in [-0.39, 0.29) is 6.03 Å². The molecule has 1 heterocycles. The number of nitrogens with one attached hydrogen (secondary N) is 2. The third kappa shape index (κ3) is 3.12. The molecule has 0 radical (unpaired) electrons. The fourth-order valence-electron chi connectivity index (χ4n) is 1.81. The van der Waals surface area contributed by atoms with Crippen molar-refractivity contribution in [1.82, 2.24) is 10.2 Å². The number of hydrogen-bond acceptors (Lipinski definition) is 2. The molecule has 4 nitrogen and oxygen atoms in total. The van der Waals surface area contributed by atoms with Crippen LogP contribution in [-0.2, 0) is 0 Å². The molecule has 2 rings (SSSR count). The van der Waals surface area contributed by atoms with Crippen molar-refractivity contribution in [2.45, 2.75) is 6.92 Å². The lowest BCUT2D eigenvalue weighted by atomic mass is 10.2. The Kier molecular flexibility index (Phi) is 3.89. The molecule has 1 saturated heterocycles. The molecule has 2 N–H and O–H groups in total. The molecular formula is C12H16BrN3O. The van der Waals surface area contributed by atoms with E-state index in [4.69, 9.17) is 0 Å². The number of urea groups is 1. The van der Waals surface area contributed by atoms with Crippen molar-refractivity contribution in [3.05, 3.63) is 28.2 Å². The van der Waals surface area contributed by atoms with Gasteiger partial charge in [0, 0.05) is 36.3 Å². The lowest BCUT2D eigenvalue weighted by Crippen LogP contribution is -2.32. The maximum atomic E-state index is 11.3. The monoisotopic (exact) mass is 297 g/mol. The summed E-state index contributed by atoms with van der Waals surface area (Å²) >= 11 is 3.47. The molecule has 1 fully saturated rings. The minimum atomic E-state index is 0.0405. The average molecular weight is 298 g/mol. The van der Waals surface area contributed by atoms with Gasteiger partial charge in [0.2, 0.25) is 0 Å². The Morgan fingerprint density at radius 1 is 1.53 bits per heavy atom. The van der Waals surface area contributed by atoms with E-state index < -0.39 is 0 Å². The molecule has 0 unspecified atom stereocenters. The van der Waals surface area contributed by atoms with Crippen LogP contribution in [0.4, 0.5) is 10.5 Å². The van der Waals surface area contributed by atoms with Crippen molar-refractivity contribution in [2.75, 3.05) is 31.5 Å². The van der Waals surface area contributed by atoms with Gasteiger partial charge in [0.15, 0.2) is 0 Å². The number of rotatable bonds is 4. The van der Waals surface area contributed by atoms with Gasteiger partial charge in [-0.15, -0.1) is 0 Å². The second-order valence-corrected chi connectivity index (χ2v) is 4.96. The molecule has 0 atom stereocenters. The average Bonchev–Trinajstić information content (AvgIpc) is 2.70. The van der Waals surface area contributed by atoms with E-state index in [1.54, 1.807) is 0 Å². The van der Waals surface area contributed by atoms with Gasteiger partial charge in [0.25, 0.3) is 0 Å². The molecule has 1 aromatic carbocycles. The van der Waals surface area contributed by atoms with E-state index >= 15 is 0 Å². The zero-order valence-electron chi connectivity index (χ0n) is 9.79. The summed E-state index contributed by atoms with van der Waals surface area (Å²) < 4.78 is 1.11. The second kappa shape index (κ2) is 5.40. The number of benzene rings is 1. The van der Waals surface area contributed by atoms with Crippen molar-refractivity contribution >= 4 is 27.6 Å². The van der Waals surface area contributed by atoms with Crippen LogP contribution in [0.1, 0.15) is 5.56 Å². The van der Waals surface area contributed by atoms with Gasteiger partial charge in [-0.25, -0.2) is 4.79 Å². The van der Waals surface area contributed by atoms with E-state index in [0.717, 1.165) is 36.3 Å². The Hall–Kier alpha value is -1.23. The van der Waals surface area contributed by atoms with Gasteiger partial charge in [-0.2, -0.15) is 0 Å². The van der Waals surface area contributed by atoms with Crippen LogP contribution >= 0.6 is 15.9 Å². The number of nitrogens with zero attached hydrogens (tertiary/aromatic N) is 1. The van der Waals surface area contributed by atoms with Gasteiger partial charge in [-0.05, 0) is 30.7 Å². The fourth-order valence-corrected chi connectivity index (χ4v) is 2.06. The van der Waals surface area contributed by atoms with Gasteiger partial charge < -0.3 is 15.5 Å². The minimum Gasteiger partial charge on any atom is -0.383 e. The number of aryl methyl sites for hydroxylation is 1. The quantitative estimate of drug-likeness (QED) is 0.895. The Balaban J connectivity index is 1.81. The summed E-state index contributed by atoms with van der Waals surface area (Å²) in [5.41, 5.74) is 2.29. The number of hydrogen-bond donors (Lipinski definition) is 2. The van der Waals surface area contributed by atoms with Crippen LogP contribution in [0, 0.1) is 6.92 Å². The largest absolute Gasteiger partial charge is 0.383 e. The molecule has 0 bridgehead atoms. The summed E-state index contributed by atoms with van der Waals surface area (Å²) in [5.74, 6) is 0. The van der Waals surface area contributed by atoms with Gasteiger partial charge in [-0.3, -0.25) is 0 Å². The Morgan fingerprint density at radius 2 is 2.35 bits per heavy atom. The predicted octanol–water partition coefficient (Wildman–Crippen LogP) is 2.19. The number of halogens is 1. The SMILES string of the molecule is Cc1cc(NCCN2CCNC2=O)ccc1Br. The molecule has 1 aliphatic heterocycles. The lowest BCUT2D eigenvalue weighted by molar-refractivity contribution is 0.219. The summed E-state index contributed by atoms with van der Waals surface area (Å²) in [4.78, 5) is 13.1. The zero-order valence-corrected chi connectivity index (χ0v) is 11.4. The maximum absolute atomic E-state index is 11.3. The van der Waals surface area contributed by atoms with Crippen molar-refractivity contribution in [3.8, 4) is 0 Å². The predicted molar refractivity (Wildman–Crippen MR) is 72.3 cm³/mol. The highest BCUT2D eigenvalue weighted by molar-refractivity contribution is 9.10. The van der Waals surface area contributed by atoms with Crippen LogP contribution < -0.4 is 10.6 Å². The number of carbonyl (C=O) groups excluding carboxylic acids is 1. The molecule has 2 amide bonds. The molecule has 0 saturated carbocycles. The van der Waals surface area contributed by atoms with Crippen LogP contribution in [0.15, 0.2) is 22.7 Å². The third-order valence-electron chi connectivity index (χ3n) is 2.81. The molecule has 17 heavy (non-hydrogen) atoms. The highest BCUT2D eigenvalue weighted by Crippen LogP contribution is 2.19. The highest BCUT2D eigenvalue weighted by atomic mass is 79.9. The molecule has 1 aliphatic rings. The Labute approximate surface area is 110 Å². The molecule has 5 heteroatoms. The summed E-state index contributed by atoms with van der Waals surface area (Å²) in [7, 11) is 0. The van der Waals surface area contributed by atoms with Gasteiger partial charge in [0.05, 0.1) is 0 Å². The smallest absolute Gasteiger partial charge is 0.317 e. The van der Waals surface area contributed by atoms with Crippen molar-refractivity contribution in [2.24, 2.45) is 0 Å². The number of carbonyl (C=O) groups is 1. The van der Waals surface area contributed by atoms with Gasteiger partial charge >= 0.3 is 6.03 Å². The van der Waals surface area contributed by atoms with Gasteiger partial charge in [0.1, 0.15) is 0 Å².